The molecule has 0 aliphatic carbocycles. The number of aliphatic imine (C=N–C) groups is 1. The van der Waals surface area contributed by atoms with Gasteiger partial charge in [-0.2, -0.15) is 0 Å². The van der Waals surface area contributed by atoms with Gasteiger partial charge >= 0.3 is 0 Å². The molecule has 0 heterocycles. The van der Waals surface area contributed by atoms with Crippen LogP contribution in [0.4, 0.5) is 0 Å². The lowest BCUT2D eigenvalue weighted by Gasteiger charge is -2.10. The quantitative estimate of drug-likeness (QED) is 0.397. The Kier molecular flexibility index (Phi) is 7.97. The molecule has 0 aliphatic rings. The van der Waals surface area contributed by atoms with E-state index < -0.39 is 0 Å². The van der Waals surface area contributed by atoms with Crippen LogP contribution in [0.2, 0.25) is 0 Å². The van der Waals surface area contributed by atoms with Crippen molar-refractivity contribution in [1.29, 1.82) is 0 Å². The highest BCUT2D eigenvalue weighted by atomic mass is 127. The van der Waals surface area contributed by atoms with Crippen LogP contribution in [-0.4, -0.2) is 31.5 Å². The monoisotopic (exact) mass is 333 g/mol. The molecular formula is C12H20IN3. The van der Waals surface area contributed by atoms with Crippen LogP contribution in [0.1, 0.15) is 12.0 Å². The number of hydrogen-bond donors (Lipinski definition) is 1. The summed E-state index contributed by atoms with van der Waals surface area (Å²) in [6, 6.07) is 10.4. The third kappa shape index (κ3) is 5.95. The van der Waals surface area contributed by atoms with E-state index >= 15 is 0 Å². The molecule has 0 atom stereocenters. The number of aryl methyl sites for hydroxylation is 1. The molecule has 0 unspecified atom stereocenters. The molecule has 0 radical (unpaired) electrons. The molecule has 0 saturated heterocycles. The van der Waals surface area contributed by atoms with E-state index in [0.717, 1.165) is 19.4 Å². The molecule has 0 fully saturated rings. The first-order valence-corrected chi connectivity index (χ1v) is 5.21. The molecule has 90 valence electrons. The van der Waals surface area contributed by atoms with Gasteiger partial charge in [0.1, 0.15) is 0 Å². The van der Waals surface area contributed by atoms with Gasteiger partial charge in [-0.1, -0.05) is 30.3 Å². The summed E-state index contributed by atoms with van der Waals surface area (Å²) in [5.74, 6) is 0.600. The highest BCUT2D eigenvalue weighted by Gasteiger charge is 1.94. The third-order valence-electron chi connectivity index (χ3n) is 2.20. The lowest BCUT2D eigenvalue weighted by Crippen LogP contribution is -2.30. The molecule has 0 amide bonds. The molecule has 1 aromatic rings. The summed E-state index contributed by atoms with van der Waals surface area (Å²) < 4.78 is 0. The van der Waals surface area contributed by atoms with Crippen LogP contribution in [0.5, 0.6) is 0 Å². The summed E-state index contributed by atoms with van der Waals surface area (Å²) >= 11 is 0. The van der Waals surface area contributed by atoms with E-state index in [-0.39, 0.29) is 24.0 Å². The number of nitrogens with zero attached hydrogens (tertiary/aromatic N) is 2. The molecule has 4 heteroatoms. The Hall–Kier alpha value is -0.780. The van der Waals surface area contributed by atoms with Crippen LogP contribution in [0.25, 0.3) is 0 Å². The average Bonchev–Trinajstić information content (AvgIpc) is 2.25. The minimum absolute atomic E-state index is 0. The van der Waals surface area contributed by atoms with E-state index in [0.29, 0.717) is 5.96 Å². The van der Waals surface area contributed by atoms with Gasteiger partial charge in [-0.25, -0.2) is 0 Å². The van der Waals surface area contributed by atoms with Crippen LogP contribution < -0.4 is 5.73 Å². The summed E-state index contributed by atoms with van der Waals surface area (Å²) in [5, 5.41) is 0. The lowest BCUT2D eigenvalue weighted by atomic mass is 10.1. The molecule has 1 aromatic carbocycles. The van der Waals surface area contributed by atoms with Crippen LogP contribution in [0.3, 0.4) is 0 Å². The molecule has 0 aliphatic heterocycles. The van der Waals surface area contributed by atoms with Crippen LogP contribution >= 0.6 is 24.0 Å². The second kappa shape index (κ2) is 8.38. The van der Waals surface area contributed by atoms with Crippen molar-refractivity contribution in [3.8, 4) is 0 Å². The Labute approximate surface area is 115 Å². The van der Waals surface area contributed by atoms with Crippen molar-refractivity contribution >= 4 is 29.9 Å². The van der Waals surface area contributed by atoms with Gasteiger partial charge in [0.05, 0.1) is 0 Å². The number of halogens is 1. The fourth-order valence-corrected chi connectivity index (χ4v) is 1.26. The minimum Gasteiger partial charge on any atom is -0.370 e. The second-order valence-electron chi connectivity index (χ2n) is 3.72. The van der Waals surface area contributed by atoms with Crippen molar-refractivity contribution in [1.82, 2.24) is 4.90 Å². The van der Waals surface area contributed by atoms with E-state index in [1.807, 2.05) is 25.1 Å². The van der Waals surface area contributed by atoms with E-state index in [1.165, 1.54) is 5.56 Å². The zero-order chi connectivity index (χ0) is 11.1. The van der Waals surface area contributed by atoms with Crippen molar-refractivity contribution in [2.75, 3.05) is 20.6 Å². The van der Waals surface area contributed by atoms with Gasteiger partial charge in [0.25, 0.3) is 0 Å². The molecule has 16 heavy (non-hydrogen) atoms. The summed E-state index contributed by atoms with van der Waals surface area (Å²) in [7, 11) is 3.80. The zero-order valence-corrected chi connectivity index (χ0v) is 12.2. The molecule has 1 rings (SSSR count). The van der Waals surface area contributed by atoms with Gasteiger partial charge in [-0.3, -0.25) is 4.99 Å². The van der Waals surface area contributed by atoms with E-state index in [9.17, 15) is 0 Å². The third-order valence-corrected chi connectivity index (χ3v) is 2.20. The Balaban J connectivity index is 0.00000225. The van der Waals surface area contributed by atoms with Gasteiger partial charge < -0.3 is 10.6 Å². The molecule has 3 nitrogen and oxygen atoms in total. The van der Waals surface area contributed by atoms with Crippen molar-refractivity contribution in [3.63, 3.8) is 0 Å². The molecule has 0 saturated carbocycles. The Bertz CT molecular complexity index is 309. The Morgan fingerprint density at radius 2 is 1.88 bits per heavy atom. The topological polar surface area (TPSA) is 41.6 Å². The van der Waals surface area contributed by atoms with E-state index in [4.69, 9.17) is 5.73 Å². The summed E-state index contributed by atoms with van der Waals surface area (Å²) in [4.78, 5) is 6.08. The average molecular weight is 333 g/mol. The maximum atomic E-state index is 5.67. The standard InChI is InChI=1S/C12H19N3.HI/c1-15(2)12(13)14-10-6-9-11-7-4-3-5-8-11;/h3-5,7-8H,6,9-10H2,1-2H3,(H2,13,14);1H. The molecule has 2 N–H and O–H groups in total. The Morgan fingerprint density at radius 1 is 1.25 bits per heavy atom. The molecule has 0 spiro atoms. The number of nitrogens with two attached hydrogens (primary N) is 1. The first kappa shape index (κ1) is 15.2. The molecular weight excluding hydrogens is 313 g/mol. The largest absolute Gasteiger partial charge is 0.370 e. The predicted molar refractivity (Wildman–Crippen MR) is 80.4 cm³/mol. The SMILES string of the molecule is CN(C)C(N)=NCCCc1ccccc1.I. The van der Waals surface area contributed by atoms with Gasteiger partial charge in [0.15, 0.2) is 5.96 Å². The highest BCUT2D eigenvalue weighted by molar-refractivity contribution is 14.0. The Morgan fingerprint density at radius 3 is 2.44 bits per heavy atom. The van der Waals surface area contributed by atoms with Gasteiger partial charge in [0.2, 0.25) is 0 Å². The summed E-state index contributed by atoms with van der Waals surface area (Å²) in [6.45, 7) is 0.791. The second-order valence-corrected chi connectivity index (χ2v) is 3.72. The number of rotatable bonds is 4. The van der Waals surface area contributed by atoms with Crippen molar-refractivity contribution in [2.45, 2.75) is 12.8 Å². The zero-order valence-electron chi connectivity index (χ0n) is 9.89. The van der Waals surface area contributed by atoms with Crippen molar-refractivity contribution < 1.29 is 0 Å². The van der Waals surface area contributed by atoms with Crippen molar-refractivity contribution in [3.05, 3.63) is 35.9 Å². The first-order chi connectivity index (χ1) is 7.20. The van der Waals surface area contributed by atoms with Crippen molar-refractivity contribution in [2.24, 2.45) is 10.7 Å². The number of hydrogen-bond acceptors (Lipinski definition) is 1. The predicted octanol–water partition coefficient (Wildman–Crippen LogP) is 2.11. The number of guanidine groups is 1. The fraction of sp³-hybridized carbons (Fsp3) is 0.417. The minimum atomic E-state index is 0. The fourth-order valence-electron chi connectivity index (χ4n) is 1.26. The molecule has 0 aromatic heterocycles. The number of benzene rings is 1. The lowest BCUT2D eigenvalue weighted by molar-refractivity contribution is 0.607. The van der Waals surface area contributed by atoms with Gasteiger partial charge in [0, 0.05) is 20.6 Å². The highest BCUT2D eigenvalue weighted by Crippen LogP contribution is 2.02. The normalized spacial score (nSPS) is 10.8. The maximum absolute atomic E-state index is 5.67. The van der Waals surface area contributed by atoms with E-state index in [1.54, 1.807) is 0 Å². The van der Waals surface area contributed by atoms with Gasteiger partial charge in [-0.05, 0) is 18.4 Å². The van der Waals surface area contributed by atoms with E-state index in [2.05, 4.69) is 29.3 Å². The molecule has 0 bridgehead atoms. The van der Waals surface area contributed by atoms with Crippen LogP contribution in [0, 0.1) is 0 Å². The smallest absolute Gasteiger partial charge is 0.190 e. The summed E-state index contributed by atoms with van der Waals surface area (Å²) in [6.07, 6.45) is 2.10. The maximum Gasteiger partial charge on any atom is 0.190 e. The van der Waals surface area contributed by atoms with Crippen LogP contribution in [-0.2, 0) is 6.42 Å². The summed E-state index contributed by atoms with van der Waals surface area (Å²) in [5.41, 5.74) is 7.03. The first-order valence-electron chi connectivity index (χ1n) is 5.21. The van der Waals surface area contributed by atoms with Gasteiger partial charge in [-0.15, -0.1) is 24.0 Å². The van der Waals surface area contributed by atoms with Crippen LogP contribution in [0.15, 0.2) is 35.3 Å².